The number of nitrogens with one attached hydrogen (secondary N) is 1. The average Bonchev–Trinajstić information content (AvgIpc) is 2.35. The largest absolute Gasteiger partial charge is 0.478 e. The molecule has 0 radical (unpaired) electrons. The van der Waals surface area contributed by atoms with Crippen molar-refractivity contribution in [2.45, 2.75) is 26.4 Å². The van der Waals surface area contributed by atoms with E-state index in [-0.39, 0.29) is 22.7 Å². The van der Waals surface area contributed by atoms with Crippen LogP contribution in [0.2, 0.25) is 5.02 Å². The number of ether oxygens (including phenoxy) is 1. The number of carbonyl (C=O) groups excluding carboxylic acids is 1. The van der Waals surface area contributed by atoms with E-state index in [2.05, 4.69) is 17.2 Å². The predicted octanol–water partition coefficient (Wildman–Crippen LogP) is 3.05. The van der Waals surface area contributed by atoms with Crippen LogP contribution in [0.25, 0.3) is 0 Å². The number of carbonyl (C=O) groups is 2. The Bertz CT molecular complexity index is 656. The summed E-state index contributed by atoms with van der Waals surface area (Å²) < 4.78 is 18.7. The molecular weight excluding hydrogens is 313 g/mol. The minimum atomic E-state index is -1.32. The highest BCUT2D eigenvalue weighted by molar-refractivity contribution is 6.33. The summed E-state index contributed by atoms with van der Waals surface area (Å²) in [6.07, 6.45) is -0.637. The molecule has 5 nitrogen and oxygen atoms in total. The van der Waals surface area contributed by atoms with Crippen molar-refractivity contribution in [1.29, 1.82) is 0 Å². The van der Waals surface area contributed by atoms with Gasteiger partial charge in [0.1, 0.15) is 11.4 Å². The summed E-state index contributed by atoms with van der Waals surface area (Å²) in [5.41, 5.74) is -1.01. The number of benzene rings is 1. The Morgan fingerprint density at radius 3 is 2.59 bits per heavy atom. The lowest BCUT2D eigenvalue weighted by Crippen LogP contribution is -2.32. The van der Waals surface area contributed by atoms with Gasteiger partial charge in [-0.05, 0) is 32.9 Å². The Morgan fingerprint density at radius 1 is 1.41 bits per heavy atom. The lowest BCUT2D eigenvalue weighted by molar-refractivity contribution is 0.0534. The number of amides is 1. The van der Waals surface area contributed by atoms with Gasteiger partial charge in [0, 0.05) is 0 Å². The summed E-state index contributed by atoms with van der Waals surface area (Å²) in [7, 11) is 0. The van der Waals surface area contributed by atoms with Crippen LogP contribution in [0, 0.1) is 17.7 Å². The van der Waals surface area contributed by atoms with Crippen molar-refractivity contribution in [1.82, 2.24) is 5.32 Å². The molecule has 0 fully saturated rings. The first-order valence-corrected chi connectivity index (χ1v) is 6.66. The highest BCUT2D eigenvalue weighted by atomic mass is 35.5. The molecular formula is C15H15ClFNO4. The van der Waals surface area contributed by atoms with E-state index in [1.165, 1.54) is 0 Å². The number of aromatic carboxylic acids is 1. The molecule has 1 rings (SSSR count). The van der Waals surface area contributed by atoms with Crippen molar-refractivity contribution >= 4 is 23.7 Å². The Kier molecular flexibility index (Phi) is 5.77. The van der Waals surface area contributed by atoms with Gasteiger partial charge < -0.3 is 15.2 Å². The third-order valence-corrected chi connectivity index (χ3v) is 2.54. The molecule has 0 atom stereocenters. The van der Waals surface area contributed by atoms with Crippen LogP contribution in [0.3, 0.4) is 0 Å². The van der Waals surface area contributed by atoms with E-state index in [9.17, 15) is 14.0 Å². The van der Waals surface area contributed by atoms with Crippen LogP contribution in [-0.4, -0.2) is 29.3 Å². The fraction of sp³-hybridized carbons (Fsp3) is 0.333. The lowest BCUT2D eigenvalue weighted by Gasteiger charge is -2.19. The number of hydrogen-bond donors (Lipinski definition) is 2. The molecule has 0 aromatic heterocycles. The summed E-state index contributed by atoms with van der Waals surface area (Å²) >= 11 is 5.73. The van der Waals surface area contributed by atoms with Crippen LogP contribution in [0.15, 0.2) is 12.1 Å². The van der Waals surface area contributed by atoms with Crippen molar-refractivity contribution in [2.24, 2.45) is 0 Å². The molecule has 7 heteroatoms. The van der Waals surface area contributed by atoms with Gasteiger partial charge in [0.25, 0.3) is 0 Å². The zero-order valence-corrected chi connectivity index (χ0v) is 13.0. The maximum absolute atomic E-state index is 13.7. The molecule has 0 saturated carbocycles. The second-order valence-electron chi connectivity index (χ2n) is 5.27. The highest BCUT2D eigenvalue weighted by Crippen LogP contribution is 2.20. The summed E-state index contributed by atoms with van der Waals surface area (Å²) in [6, 6.07) is 1.93. The monoisotopic (exact) mass is 327 g/mol. The summed E-state index contributed by atoms with van der Waals surface area (Å²) in [4.78, 5) is 22.1. The SMILES string of the molecule is CC(C)(C)OC(=O)NCC#Cc1cc(Cl)c(C(=O)O)cc1F. The molecule has 0 aliphatic carbocycles. The van der Waals surface area contributed by atoms with Crippen molar-refractivity contribution in [2.75, 3.05) is 6.54 Å². The lowest BCUT2D eigenvalue weighted by atomic mass is 10.1. The van der Waals surface area contributed by atoms with E-state index in [0.717, 1.165) is 12.1 Å². The molecule has 1 aromatic carbocycles. The maximum Gasteiger partial charge on any atom is 0.408 e. The van der Waals surface area contributed by atoms with Crippen molar-refractivity contribution in [3.8, 4) is 11.8 Å². The Hall–Kier alpha value is -2.26. The average molecular weight is 328 g/mol. The molecule has 1 aromatic rings. The molecule has 0 saturated heterocycles. The predicted molar refractivity (Wildman–Crippen MR) is 79.5 cm³/mol. The molecule has 22 heavy (non-hydrogen) atoms. The third kappa shape index (κ3) is 5.62. The summed E-state index contributed by atoms with van der Waals surface area (Å²) in [5.74, 6) is 2.87. The maximum atomic E-state index is 13.7. The summed E-state index contributed by atoms with van der Waals surface area (Å²) in [5, 5.41) is 11.1. The quantitative estimate of drug-likeness (QED) is 0.819. The van der Waals surface area contributed by atoms with Crippen LogP contribution < -0.4 is 5.32 Å². The molecule has 0 heterocycles. The minimum Gasteiger partial charge on any atom is -0.478 e. The number of carboxylic acid groups (broad SMARTS) is 1. The van der Waals surface area contributed by atoms with Gasteiger partial charge in [0.15, 0.2) is 0 Å². The molecule has 0 spiro atoms. The first kappa shape index (κ1) is 17.8. The molecule has 0 bridgehead atoms. The second-order valence-corrected chi connectivity index (χ2v) is 5.68. The molecule has 1 amide bonds. The molecule has 2 N–H and O–H groups in total. The number of halogens is 2. The van der Waals surface area contributed by atoms with E-state index >= 15 is 0 Å². The van der Waals surface area contributed by atoms with E-state index < -0.39 is 23.5 Å². The Balaban J connectivity index is 2.72. The van der Waals surface area contributed by atoms with Crippen LogP contribution in [0.4, 0.5) is 9.18 Å². The molecule has 0 aliphatic rings. The number of alkyl carbamates (subject to hydrolysis) is 1. The van der Waals surface area contributed by atoms with Gasteiger partial charge in [-0.3, -0.25) is 0 Å². The van der Waals surface area contributed by atoms with Crippen molar-refractivity contribution < 1.29 is 23.8 Å². The van der Waals surface area contributed by atoms with Gasteiger partial charge in [-0.15, -0.1) is 0 Å². The van der Waals surface area contributed by atoms with Gasteiger partial charge in [-0.2, -0.15) is 0 Å². The first-order valence-electron chi connectivity index (χ1n) is 6.28. The van der Waals surface area contributed by atoms with E-state index in [1.54, 1.807) is 20.8 Å². The minimum absolute atomic E-state index is 0.0490. The van der Waals surface area contributed by atoms with Crippen LogP contribution in [0.1, 0.15) is 36.7 Å². The third-order valence-electron chi connectivity index (χ3n) is 2.23. The van der Waals surface area contributed by atoms with Gasteiger partial charge >= 0.3 is 12.1 Å². The van der Waals surface area contributed by atoms with Crippen LogP contribution >= 0.6 is 11.6 Å². The van der Waals surface area contributed by atoms with E-state index in [1.807, 2.05) is 0 Å². The molecule has 0 aliphatic heterocycles. The Labute approximate surface area is 132 Å². The highest BCUT2D eigenvalue weighted by Gasteiger charge is 2.15. The van der Waals surface area contributed by atoms with Gasteiger partial charge in [-0.25, -0.2) is 14.0 Å². The van der Waals surface area contributed by atoms with Crippen LogP contribution in [0.5, 0.6) is 0 Å². The fourth-order valence-corrected chi connectivity index (χ4v) is 1.62. The second kappa shape index (κ2) is 7.14. The standard InChI is InChI=1S/C15H15ClFNO4/c1-15(2,3)22-14(21)18-6-4-5-9-7-11(16)10(13(19)20)8-12(9)17/h7-8H,6H2,1-3H3,(H,18,21)(H,19,20). The van der Waals surface area contributed by atoms with E-state index in [4.69, 9.17) is 21.4 Å². The fourth-order valence-electron chi connectivity index (χ4n) is 1.38. The topological polar surface area (TPSA) is 75.6 Å². The molecule has 0 unspecified atom stereocenters. The number of carboxylic acids is 1. The van der Waals surface area contributed by atoms with Crippen molar-refractivity contribution in [3.63, 3.8) is 0 Å². The van der Waals surface area contributed by atoms with Gasteiger partial charge in [-0.1, -0.05) is 23.4 Å². The number of hydrogen-bond acceptors (Lipinski definition) is 3. The van der Waals surface area contributed by atoms with Crippen molar-refractivity contribution in [3.05, 3.63) is 34.1 Å². The van der Waals surface area contributed by atoms with Crippen LogP contribution in [-0.2, 0) is 4.74 Å². The normalized spacial score (nSPS) is 10.4. The van der Waals surface area contributed by atoms with E-state index in [0.29, 0.717) is 0 Å². The van der Waals surface area contributed by atoms with Gasteiger partial charge in [0.05, 0.1) is 22.7 Å². The van der Waals surface area contributed by atoms with Gasteiger partial charge in [0.2, 0.25) is 0 Å². The summed E-state index contributed by atoms with van der Waals surface area (Å²) in [6.45, 7) is 5.12. The first-order chi connectivity index (χ1) is 10.1. The number of rotatable bonds is 2. The smallest absolute Gasteiger partial charge is 0.408 e. The zero-order chi connectivity index (χ0) is 16.9. The molecule has 118 valence electrons. The zero-order valence-electron chi connectivity index (χ0n) is 12.3. The Morgan fingerprint density at radius 2 is 2.05 bits per heavy atom.